The fourth-order valence-corrected chi connectivity index (χ4v) is 2.99. The molecule has 17 heavy (non-hydrogen) atoms. The highest BCUT2D eigenvalue weighted by molar-refractivity contribution is 7.16. The van der Waals surface area contributed by atoms with Crippen LogP contribution in [0.4, 0.5) is 5.13 Å². The summed E-state index contributed by atoms with van der Waals surface area (Å²) in [5, 5.41) is 24.1. The number of aliphatic hydroxyl groups excluding tert-OH is 1. The van der Waals surface area contributed by atoms with Crippen LogP contribution < -0.4 is 5.32 Å². The maximum absolute atomic E-state index is 9.08. The van der Waals surface area contributed by atoms with Gasteiger partial charge in [-0.15, -0.1) is 22.7 Å². The number of thiazole rings is 2. The fourth-order valence-electron chi connectivity index (χ4n) is 1.36. The Balaban J connectivity index is 2.42. The summed E-state index contributed by atoms with van der Waals surface area (Å²) in [7, 11) is 1.81. The smallest absolute Gasteiger partial charge is 0.182 e. The molecular formula is C10H10N4OS2. The SMILES string of the molecule is CNc1nc(-c2sc(CO)nc2CC#N)cs1. The molecule has 0 saturated carbocycles. The molecule has 0 radical (unpaired) electrons. The van der Waals surface area contributed by atoms with Crippen LogP contribution in [-0.4, -0.2) is 22.1 Å². The second-order valence-electron chi connectivity index (χ2n) is 3.16. The number of nitrogens with zero attached hydrogens (tertiary/aromatic N) is 3. The van der Waals surface area contributed by atoms with Crippen LogP contribution in [0.5, 0.6) is 0 Å². The summed E-state index contributed by atoms with van der Waals surface area (Å²) >= 11 is 2.88. The van der Waals surface area contributed by atoms with Crippen molar-refractivity contribution in [3.05, 3.63) is 16.1 Å². The fraction of sp³-hybridized carbons (Fsp3) is 0.300. The van der Waals surface area contributed by atoms with Crippen molar-refractivity contribution in [2.45, 2.75) is 13.0 Å². The first kappa shape index (κ1) is 12.0. The predicted octanol–water partition coefficient (Wildman–Crippen LogP) is 1.87. The summed E-state index contributed by atoms with van der Waals surface area (Å²) in [6.07, 6.45) is 0.234. The van der Waals surface area contributed by atoms with Gasteiger partial charge < -0.3 is 10.4 Å². The Morgan fingerprint density at radius 2 is 2.35 bits per heavy atom. The van der Waals surface area contributed by atoms with Crippen LogP contribution in [0.25, 0.3) is 10.6 Å². The topological polar surface area (TPSA) is 81.8 Å². The molecule has 2 heterocycles. The molecule has 0 aliphatic heterocycles. The Labute approximate surface area is 106 Å². The van der Waals surface area contributed by atoms with Gasteiger partial charge in [0.05, 0.1) is 35.4 Å². The van der Waals surface area contributed by atoms with Gasteiger partial charge in [0.15, 0.2) is 5.13 Å². The van der Waals surface area contributed by atoms with Gasteiger partial charge in [-0.3, -0.25) is 0 Å². The molecule has 88 valence electrons. The highest BCUT2D eigenvalue weighted by atomic mass is 32.1. The van der Waals surface area contributed by atoms with E-state index in [0.717, 1.165) is 15.7 Å². The molecule has 0 aliphatic rings. The third-order valence-electron chi connectivity index (χ3n) is 2.07. The number of nitrogens with one attached hydrogen (secondary N) is 1. The van der Waals surface area contributed by atoms with E-state index in [1.165, 1.54) is 22.7 Å². The van der Waals surface area contributed by atoms with E-state index < -0.39 is 0 Å². The van der Waals surface area contributed by atoms with E-state index in [9.17, 15) is 0 Å². The largest absolute Gasteiger partial charge is 0.389 e. The van der Waals surface area contributed by atoms with Crippen molar-refractivity contribution in [3.63, 3.8) is 0 Å². The Hall–Kier alpha value is -1.49. The minimum absolute atomic E-state index is 0.105. The number of aromatic nitrogens is 2. The standard InChI is InChI=1S/C10H10N4OS2/c1-12-10-14-7(5-16-10)9-6(2-3-11)13-8(4-15)17-9/h5,15H,2,4H2,1H3,(H,12,14). The van der Waals surface area contributed by atoms with Crippen molar-refractivity contribution in [1.82, 2.24) is 9.97 Å². The van der Waals surface area contributed by atoms with Gasteiger partial charge in [-0.25, -0.2) is 9.97 Å². The molecular weight excluding hydrogens is 256 g/mol. The van der Waals surface area contributed by atoms with Gasteiger partial charge in [0.2, 0.25) is 0 Å². The highest BCUT2D eigenvalue weighted by Crippen LogP contribution is 2.32. The number of hydrogen-bond acceptors (Lipinski definition) is 7. The maximum atomic E-state index is 9.08. The lowest BCUT2D eigenvalue weighted by Crippen LogP contribution is -1.88. The Kier molecular flexibility index (Phi) is 3.68. The van der Waals surface area contributed by atoms with Crippen LogP contribution in [-0.2, 0) is 13.0 Å². The van der Waals surface area contributed by atoms with Crippen molar-refractivity contribution < 1.29 is 5.11 Å². The van der Waals surface area contributed by atoms with Crippen LogP contribution in [0.2, 0.25) is 0 Å². The third-order valence-corrected chi connectivity index (χ3v) is 4.04. The zero-order chi connectivity index (χ0) is 12.3. The van der Waals surface area contributed by atoms with Crippen LogP contribution in [0.15, 0.2) is 5.38 Å². The average Bonchev–Trinajstić information content (AvgIpc) is 2.95. The lowest BCUT2D eigenvalue weighted by Gasteiger charge is -1.93. The quantitative estimate of drug-likeness (QED) is 0.882. The van der Waals surface area contributed by atoms with Gasteiger partial charge in [-0.1, -0.05) is 0 Å². The van der Waals surface area contributed by atoms with Crippen molar-refractivity contribution in [2.75, 3.05) is 12.4 Å². The number of hydrogen-bond donors (Lipinski definition) is 2. The molecule has 0 fully saturated rings. The van der Waals surface area contributed by atoms with Crippen LogP contribution in [0, 0.1) is 11.3 Å². The summed E-state index contributed by atoms with van der Waals surface area (Å²) in [4.78, 5) is 9.47. The number of rotatable bonds is 4. The van der Waals surface area contributed by atoms with E-state index in [1.54, 1.807) is 0 Å². The summed E-state index contributed by atoms with van der Waals surface area (Å²) in [5.41, 5.74) is 1.50. The van der Waals surface area contributed by atoms with E-state index in [1.807, 2.05) is 12.4 Å². The van der Waals surface area contributed by atoms with Crippen molar-refractivity contribution >= 4 is 27.8 Å². The van der Waals surface area contributed by atoms with Gasteiger partial charge in [-0.2, -0.15) is 5.26 Å². The summed E-state index contributed by atoms with van der Waals surface area (Å²) in [6, 6.07) is 2.07. The molecule has 2 aromatic rings. The Morgan fingerprint density at radius 3 is 2.94 bits per heavy atom. The first-order valence-corrected chi connectivity index (χ1v) is 6.58. The van der Waals surface area contributed by atoms with Crippen molar-refractivity contribution in [1.29, 1.82) is 5.26 Å². The molecule has 7 heteroatoms. The van der Waals surface area contributed by atoms with Crippen molar-refractivity contribution in [2.24, 2.45) is 0 Å². The van der Waals surface area contributed by atoms with E-state index >= 15 is 0 Å². The van der Waals surface area contributed by atoms with Crippen LogP contribution in [0.3, 0.4) is 0 Å². The summed E-state index contributed by atoms with van der Waals surface area (Å²) in [5.74, 6) is 0. The Morgan fingerprint density at radius 1 is 1.53 bits per heavy atom. The lowest BCUT2D eigenvalue weighted by atomic mass is 10.2. The second kappa shape index (κ2) is 5.23. The molecule has 2 rings (SSSR count). The zero-order valence-corrected chi connectivity index (χ0v) is 10.7. The maximum Gasteiger partial charge on any atom is 0.182 e. The van der Waals surface area contributed by atoms with Crippen LogP contribution >= 0.6 is 22.7 Å². The molecule has 0 unspecified atom stereocenters. The highest BCUT2D eigenvalue weighted by Gasteiger charge is 2.15. The van der Waals surface area contributed by atoms with Gasteiger partial charge in [0.1, 0.15) is 5.01 Å². The van der Waals surface area contributed by atoms with E-state index in [4.69, 9.17) is 10.4 Å². The minimum atomic E-state index is -0.105. The third kappa shape index (κ3) is 2.44. The van der Waals surface area contributed by atoms with Gasteiger partial charge in [0, 0.05) is 12.4 Å². The first-order chi connectivity index (χ1) is 8.28. The number of nitriles is 1. The molecule has 0 amide bonds. The summed E-state index contributed by atoms with van der Waals surface area (Å²) in [6.45, 7) is -0.105. The Bertz CT molecular complexity index is 555. The molecule has 0 aromatic carbocycles. The molecule has 0 spiro atoms. The molecule has 0 bridgehead atoms. The van der Waals surface area contributed by atoms with Gasteiger partial charge in [0.25, 0.3) is 0 Å². The number of anilines is 1. The molecule has 5 nitrogen and oxygen atoms in total. The molecule has 2 N–H and O–H groups in total. The van der Waals surface area contributed by atoms with Gasteiger partial charge in [-0.05, 0) is 0 Å². The average molecular weight is 266 g/mol. The molecule has 2 aromatic heterocycles. The van der Waals surface area contributed by atoms with Crippen LogP contribution in [0.1, 0.15) is 10.7 Å². The zero-order valence-electron chi connectivity index (χ0n) is 9.10. The summed E-state index contributed by atoms with van der Waals surface area (Å²) < 4.78 is 0. The molecule has 0 aliphatic carbocycles. The lowest BCUT2D eigenvalue weighted by molar-refractivity contribution is 0.281. The number of aliphatic hydroxyl groups is 1. The normalized spacial score (nSPS) is 10.2. The van der Waals surface area contributed by atoms with Gasteiger partial charge >= 0.3 is 0 Å². The second-order valence-corrected chi connectivity index (χ2v) is 5.11. The van der Waals surface area contributed by atoms with E-state index in [0.29, 0.717) is 10.7 Å². The molecule has 0 saturated heterocycles. The van der Waals surface area contributed by atoms with E-state index in [-0.39, 0.29) is 13.0 Å². The monoisotopic (exact) mass is 266 g/mol. The molecule has 0 atom stereocenters. The first-order valence-electron chi connectivity index (χ1n) is 4.88. The van der Waals surface area contributed by atoms with Crippen molar-refractivity contribution in [3.8, 4) is 16.6 Å². The minimum Gasteiger partial charge on any atom is -0.389 e. The van der Waals surface area contributed by atoms with E-state index in [2.05, 4.69) is 21.4 Å². The predicted molar refractivity (Wildman–Crippen MR) is 68.0 cm³/mol.